The van der Waals surface area contributed by atoms with E-state index in [9.17, 15) is 13.2 Å². The van der Waals surface area contributed by atoms with Crippen LogP contribution in [0.1, 0.15) is 6.42 Å². The summed E-state index contributed by atoms with van der Waals surface area (Å²) in [6, 6.07) is 11.2. The van der Waals surface area contributed by atoms with E-state index in [1.807, 2.05) is 47.3 Å². The Hall–Kier alpha value is -2.12. The molecule has 1 aromatic heterocycles. The van der Waals surface area contributed by atoms with Crippen LogP contribution in [0.3, 0.4) is 0 Å². The van der Waals surface area contributed by atoms with E-state index in [-0.39, 0.29) is 18.9 Å². The summed E-state index contributed by atoms with van der Waals surface area (Å²) in [5.74, 6) is -0.223. The standard InChI is InChI=1S/C14H15N3O3S/c15-21(19,20)13-9-14(18)17(10-13)12-5-3-4-11(8-12)16-6-1-2-7-16/h1-8,13H,9-10H2,(H2,15,19,20). The largest absolute Gasteiger partial charge is 0.324 e. The number of benzene rings is 1. The van der Waals surface area contributed by atoms with Crippen LogP contribution in [0, 0.1) is 0 Å². The molecule has 1 unspecified atom stereocenters. The minimum atomic E-state index is -3.70. The van der Waals surface area contributed by atoms with Gasteiger partial charge in [-0.2, -0.15) is 0 Å². The molecule has 2 aromatic rings. The first-order valence-corrected chi connectivity index (χ1v) is 8.11. The molecule has 1 aliphatic heterocycles. The van der Waals surface area contributed by atoms with Crippen LogP contribution >= 0.6 is 0 Å². The van der Waals surface area contributed by atoms with Crippen molar-refractivity contribution in [3.8, 4) is 5.69 Å². The fraction of sp³-hybridized carbons (Fsp3) is 0.214. The smallest absolute Gasteiger partial charge is 0.228 e. The highest BCUT2D eigenvalue weighted by Gasteiger charge is 2.37. The predicted molar refractivity (Wildman–Crippen MR) is 79.6 cm³/mol. The van der Waals surface area contributed by atoms with Crippen LogP contribution in [0.15, 0.2) is 48.8 Å². The normalized spacial score (nSPS) is 19.2. The van der Waals surface area contributed by atoms with Gasteiger partial charge >= 0.3 is 0 Å². The maximum atomic E-state index is 12.0. The highest BCUT2D eigenvalue weighted by atomic mass is 32.2. The summed E-state index contributed by atoms with van der Waals surface area (Å²) in [6.07, 6.45) is 3.74. The molecule has 2 N–H and O–H groups in total. The van der Waals surface area contributed by atoms with Gasteiger partial charge in [0.15, 0.2) is 0 Å². The molecular weight excluding hydrogens is 290 g/mol. The molecule has 1 aliphatic rings. The monoisotopic (exact) mass is 305 g/mol. The summed E-state index contributed by atoms with van der Waals surface area (Å²) < 4.78 is 24.7. The lowest BCUT2D eigenvalue weighted by Crippen LogP contribution is -2.32. The number of sulfonamides is 1. The van der Waals surface area contributed by atoms with E-state index in [0.717, 1.165) is 5.69 Å². The van der Waals surface area contributed by atoms with Gasteiger partial charge in [0.25, 0.3) is 0 Å². The molecule has 1 fully saturated rings. The number of primary sulfonamides is 1. The molecule has 7 heteroatoms. The number of hydrogen-bond donors (Lipinski definition) is 1. The van der Waals surface area contributed by atoms with Gasteiger partial charge in [-0.1, -0.05) is 6.07 Å². The SMILES string of the molecule is NS(=O)(=O)C1CC(=O)N(c2cccc(-n3cccc3)c2)C1. The molecule has 0 bridgehead atoms. The number of nitrogens with two attached hydrogens (primary N) is 1. The summed E-state index contributed by atoms with van der Waals surface area (Å²) in [5.41, 5.74) is 1.58. The number of amides is 1. The Labute approximate surface area is 122 Å². The lowest BCUT2D eigenvalue weighted by atomic mass is 10.2. The fourth-order valence-corrected chi connectivity index (χ4v) is 3.20. The molecular formula is C14H15N3O3S. The zero-order chi connectivity index (χ0) is 15.0. The quantitative estimate of drug-likeness (QED) is 0.913. The number of hydrogen-bond acceptors (Lipinski definition) is 3. The van der Waals surface area contributed by atoms with Gasteiger partial charge in [0.05, 0.1) is 0 Å². The van der Waals surface area contributed by atoms with Crippen molar-refractivity contribution < 1.29 is 13.2 Å². The molecule has 1 saturated heterocycles. The number of carbonyl (C=O) groups excluding carboxylic acids is 1. The molecule has 1 aromatic carbocycles. The van der Waals surface area contributed by atoms with Crippen molar-refractivity contribution in [2.24, 2.45) is 5.14 Å². The summed E-state index contributed by atoms with van der Waals surface area (Å²) in [5, 5.41) is 4.31. The van der Waals surface area contributed by atoms with Gasteiger partial charge in [0.1, 0.15) is 5.25 Å². The number of nitrogens with zero attached hydrogens (tertiary/aromatic N) is 2. The van der Waals surface area contributed by atoms with Gasteiger partial charge in [-0.15, -0.1) is 0 Å². The molecule has 21 heavy (non-hydrogen) atoms. The maximum absolute atomic E-state index is 12.0. The molecule has 0 aliphatic carbocycles. The first kappa shape index (κ1) is 13.8. The van der Waals surface area contributed by atoms with E-state index >= 15 is 0 Å². The molecule has 6 nitrogen and oxygen atoms in total. The Morgan fingerprint density at radius 2 is 1.76 bits per heavy atom. The Morgan fingerprint density at radius 3 is 2.38 bits per heavy atom. The second kappa shape index (κ2) is 5.01. The first-order valence-electron chi connectivity index (χ1n) is 6.50. The summed E-state index contributed by atoms with van der Waals surface area (Å²) in [4.78, 5) is 13.5. The number of carbonyl (C=O) groups is 1. The van der Waals surface area contributed by atoms with Crippen LogP contribution < -0.4 is 10.0 Å². The van der Waals surface area contributed by atoms with Crippen molar-refractivity contribution in [3.05, 3.63) is 48.8 Å². The first-order chi connectivity index (χ1) is 9.95. The molecule has 0 spiro atoms. The average molecular weight is 305 g/mol. The number of rotatable bonds is 3. The molecule has 0 saturated carbocycles. The van der Waals surface area contributed by atoms with Crippen LogP contribution in [0.5, 0.6) is 0 Å². The minimum absolute atomic E-state index is 0.0629. The van der Waals surface area contributed by atoms with Crippen molar-refractivity contribution in [2.75, 3.05) is 11.4 Å². The van der Waals surface area contributed by atoms with Crippen LogP contribution in [0.4, 0.5) is 5.69 Å². The lowest BCUT2D eigenvalue weighted by molar-refractivity contribution is -0.117. The van der Waals surface area contributed by atoms with Crippen LogP contribution in [0.25, 0.3) is 5.69 Å². The van der Waals surface area contributed by atoms with Gasteiger partial charge in [0.2, 0.25) is 15.9 Å². The molecule has 1 atom stereocenters. The number of aromatic nitrogens is 1. The van der Waals surface area contributed by atoms with Crippen molar-refractivity contribution in [3.63, 3.8) is 0 Å². The third-order valence-corrected chi connectivity index (χ3v) is 4.84. The van der Waals surface area contributed by atoms with E-state index < -0.39 is 15.3 Å². The lowest BCUT2D eigenvalue weighted by Gasteiger charge is -2.17. The Bertz CT molecular complexity index is 769. The van der Waals surface area contributed by atoms with Crippen LogP contribution in [0.2, 0.25) is 0 Å². The van der Waals surface area contributed by atoms with Crippen LogP contribution in [-0.4, -0.2) is 30.7 Å². The highest BCUT2D eigenvalue weighted by molar-refractivity contribution is 7.89. The summed E-state index contributed by atoms with van der Waals surface area (Å²) in [7, 11) is -3.70. The van der Waals surface area contributed by atoms with E-state index in [2.05, 4.69) is 0 Å². The molecule has 0 radical (unpaired) electrons. The minimum Gasteiger partial charge on any atom is -0.324 e. The van der Waals surface area contributed by atoms with Gasteiger partial charge in [-0.25, -0.2) is 13.6 Å². The van der Waals surface area contributed by atoms with E-state index in [1.54, 1.807) is 6.07 Å². The third kappa shape index (κ3) is 2.70. The molecule has 1 amide bonds. The Kier molecular flexibility index (Phi) is 3.30. The van der Waals surface area contributed by atoms with Crippen molar-refractivity contribution >= 4 is 21.6 Å². The van der Waals surface area contributed by atoms with Gasteiger partial charge in [-0.05, 0) is 30.3 Å². The second-order valence-electron chi connectivity index (χ2n) is 5.03. The maximum Gasteiger partial charge on any atom is 0.228 e. The zero-order valence-electron chi connectivity index (χ0n) is 11.2. The zero-order valence-corrected chi connectivity index (χ0v) is 12.0. The van der Waals surface area contributed by atoms with Crippen LogP contribution in [-0.2, 0) is 14.8 Å². The third-order valence-electron chi connectivity index (χ3n) is 3.60. The summed E-state index contributed by atoms with van der Waals surface area (Å²) >= 11 is 0. The number of anilines is 1. The molecule has 3 rings (SSSR count). The van der Waals surface area contributed by atoms with E-state index in [0.29, 0.717) is 5.69 Å². The van der Waals surface area contributed by atoms with Gasteiger partial charge in [-0.3, -0.25) is 4.79 Å². The Balaban J connectivity index is 1.91. The topological polar surface area (TPSA) is 85.4 Å². The average Bonchev–Trinajstić information content (AvgIpc) is 3.07. The van der Waals surface area contributed by atoms with E-state index in [4.69, 9.17) is 5.14 Å². The van der Waals surface area contributed by atoms with Crippen molar-refractivity contribution in [1.82, 2.24) is 4.57 Å². The highest BCUT2D eigenvalue weighted by Crippen LogP contribution is 2.26. The summed E-state index contributed by atoms with van der Waals surface area (Å²) in [6.45, 7) is 0.104. The fourth-order valence-electron chi connectivity index (χ4n) is 2.47. The van der Waals surface area contributed by atoms with Gasteiger partial charge in [0, 0.05) is 36.7 Å². The van der Waals surface area contributed by atoms with Gasteiger partial charge < -0.3 is 9.47 Å². The predicted octanol–water partition coefficient (Wildman–Crippen LogP) is 0.871. The van der Waals surface area contributed by atoms with Crippen molar-refractivity contribution in [1.29, 1.82) is 0 Å². The molecule has 110 valence electrons. The molecule has 2 heterocycles. The Morgan fingerprint density at radius 1 is 1.10 bits per heavy atom. The van der Waals surface area contributed by atoms with Crippen molar-refractivity contribution in [2.45, 2.75) is 11.7 Å². The van der Waals surface area contributed by atoms with E-state index in [1.165, 1.54) is 4.90 Å². The second-order valence-corrected chi connectivity index (χ2v) is 6.87.